The minimum atomic E-state index is -3.05. The highest BCUT2D eigenvalue weighted by molar-refractivity contribution is 7.91. The van der Waals surface area contributed by atoms with Gasteiger partial charge in [-0.3, -0.25) is 0 Å². The summed E-state index contributed by atoms with van der Waals surface area (Å²) >= 11 is 0. The molecule has 2 amide bonds. The molecule has 8 heteroatoms. The van der Waals surface area contributed by atoms with Crippen molar-refractivity contribution in [3.63, 3.8) is 0 Å². The molecule has 1 aliphatic heterocycles. The molecule has 1 aliphatic rings. The fourth-order valence-corrected chi connectivity index (χ4v) is 4.34. The van der Waals surface area contributed by atoms with Gasteiger partial charge in [0.25, 0.3) is 0 Å². The lowest BCUT2D eigenvalue weighted by Crippen LogP contribution is -2.49. The molecule has 1 aromatic rings. The first-order valence-electron chi connectivity index (χ1n) is 7.93. The van der Waals surface area contributed by atoms with Crippen molar-refractivity contribution in [2.75, 3.05) is 44.9 Å². The van der Waals surface area contributed by atoms with Crippen LogP contribution >= 0.6 is 0 Å². The molecule has 1 saturated heterocycles. The average Bonchev–Trinajstić information content (AvgIpc) is 2.93. The quantitative estimate of drug-likeness (QED) is 0.700. The van der Waals surface area contributed by atoms with Crippen LogP contribution in [0, 0.1) is 0 Å². The zero-order chi connectivity index (χ0) is 17.4. The summed E-state index contributed by atoms with van der Waals surface area (Å²) in [6, 6.07) is 8.76. The molecule has 7 nitrogen and oxygen atoms in total. The number of urea groups is 1. The van der Waals surface area contributed by atoms with E-state index in [2.05, 4.69) is 5.32 Å². The summed E-state index contributed by atoms with van der Waals surface area (Å²) in [5.74, 6) is 0.890. The van der Waals surface area contributed by atoms with Crippen molar-refractivity contribution in [2.24, 2.45) is 0 Å². The normalized spacial score (nSPS) is 19.0. The maximum atomic E-state index is 12.4. The van der Waals surface area contributed by atoms with E-state index in [0.717, 1.165) is 5.75 Å². The fraction of sp³-hybridized carbons (Fsp3) is 0.562. The molecule has 1 aromatic carbocycles. The van der Waals surface area contributed by atoms with Gasteiger partial charge in [-0.15, -0.1) is 0 Å². The Morgan fingerprint density at radius 2 is 2.04 bits per heavy atom. The van der Waals surface area contributed by atoms with Gasteiger partial charge in [-0.2, -0.15) is 0 Å². The SMILES string of the molecule is COCCN(C(=O)NCCOc1ccccc1)C1CCS(=O)(=O)C1. The van der Waals surface area contributed by atoms with Gasteiger partial charge in [0.05, 0.1) is 24.7 Å². The molecule has 1 fully saturated rings. The fourth-order valence-electron chi connectivity index (χ4n) is 2.61. The number of sulfone groups is 1. The molecule has 134 valence electrons. The topological polar surface area (TPSA) is 84.9 Å². The molecule has 0 aromatic heterocycles. The number of carbonyl (C=O) groups excluding carboxylic acids is 1. The van der Waals surface area contributed by atoms with E-state index in [1.165, 1.54) is 0 Å². The third-order valence-electron chi connectivity index (χ3n) is 3.84. The van der Waals surface area contributed by atoms with E-state index in [9.17, 15) is 13.2 Å². The second-order valence-corrected chi connectivity index (χ2v) is 7.87. The summed E-state index contributed by atoms with van der Waals surface area (Å²) < 4.78 is 33.8. The second kappa shape index (κ2) is 8.89. The maximum Gasteiger partial charge on any atom is 0.317 e. The molecule has 1 heterocycles. The molecule has 0 aliphatic carbocycles. The number of carbonyl (C=O) groups is 1. The van der Waals surface area contributed by atoms with E-state index in [1.807, 2.05) is 30.3 Å². The van der Waals surface area contributed by atoms with Crippen LogP contribution in [0.4, 0.5) is 4.79 Å². The molecular weight excluding hydrogens is 332 g/mol. The van der Waals surface area contributed by atoms with Gasteiger partial charge < -0.3 is 19.7 Å². The Labute approximate surface area is 142 Å². The van der Waals surface area contributed by atoms with Gasteiger partial charge in [0.2, 0.25) is 0 Å². The summed E-state index contributed by atoms with van der Waals surface area (Å²) in [5.41, 5.74) is 0. The van der Waals surface area contributed by atoms with Gasteiger partial charge in [0.15, 0.2) is 9.84 Å². The van der Waals surface area contributed by atoms with Crippen molar-refractivity contribution in [3.05, 3.63) is 30.3 Å². The van der Waals surface area contributed by atoms with E-state index in [-0.39, 0.29) is 23.6 Å². The van der Waals surface area contributed by atoms with Crippen LogP contribution in [0.25, 0.3) is 0 Å². The summed E-state index contributed by atoms with van der Waals surface area (Å²) in [4.78, 5) is 13.9. The lowest BCUT2D eigenvalue weighted by Gasteiger charge is -2.28. The molecule has 0 saturated carbocycles. The Morgan fingerprint density at radius 3 is 2.67 bits per heavy atom. The Morgan fingerprint density at radius 1 is 1.29 bits per heavy atom. The molecule has 0 bridgehead atoms. The number of methoxy groups -OCH3 is 1. The van der Waals surface area contributed by atoms with Crippen LogP contribution in [0.5, 0.6) is 5.75 Å². The monoisotopic (exact) mass is 356 g/mol. The first kappa shape index (κ1) is 18.5. The standard InChI is InChI=1S/C16H24N2O5S/c1-22-11-9-18(14-7-12-24(20,21)13-14)16(19)17-8-10-23-15-5-3-2-4-6-15/h2-6,14H,7-13H2,1H3,(H,17,19). The maximum absolute atomic E-state index is 12.4. The molecule has 2 rings (SSSR count). The molecular formula is C16H24N2O5S. The number of rotatable bonds is 8. The molecule has 1 atom stereocenters. The Hall–Kier alpha value is -1.80. The van der Waals surface area contributed by atoms with Crippen LogP contribution in [0.1, 0.15) is 6.42 Å². The minimum Gasteiger partial charge on any atom is -0.492 e. The van der Waals surface area contributed by atoms with Gasteiger partial charge in [-0.05, 0) is 18.6 Å². The highest BCUT2D eigenvalue weighted by Crippen LogP contribution is 2.17. The van der Waals surface area contributed by atoms with Crippen molar-refractivity contribution in [1.82, 2.24) is 10.2 Å². The Kier molecular flexibility index (Phi) is 6.86. The molecule has 0 radical (unpaired) electrons. The van der Waals surface area contributed by atoms with Crippen LogP contribution < -0.4 is 10.1 Å². The van der Waals surface area contributed by atoms with Crippen LogP contribution in [-0.4, -0.2) is 70.3 Å². The van der Waals surface area contributed by atoms with E-state index in [4.69, 9.17) is 9.47 Å². The number of nitrogens with one attached hydrogen (secondary N) is 1. The molecule has 0 spiro atoms. The number of amides is 2. The van der Waals surface area contributed by atoms with Crippen molar-refractivity contribution >= 4 is 15.9 Å². The number of ether oxygens (including phenoxy) is 2. The number of hydrogen-bond donors (Lipinski definition) is 1. The van der Waals surface area contributed by atoms with Crippen LogP contribution in [0.15, 0.2) is 30.3 Å². The summed E-state index contributed by atoms with van der Waals surface area (Å²) in [5, 5.41) is 2.78. The molecule has 1 N–H and O–H groups in total. The summed E-state index contributed by atoms with van der Waals surface area (Å²) in [6.07, 6.45) is 0.472. The number of para-hydroxylation sites is 1. The van der Waals surface area contributed by atoms with E-state index in [1.54, 1.807) is 12.0 Å². The van der Waals surface area contributed by atoms with Gasteiger partial charge in [0, 0.05) is 19.7 Å². The van der Waals surface area contributed by atoms with Crippen molar-refractivity contribution < 1.29 is 22.7 Å². The van der Waals surface area contributed by atoms with Crippen LogP contribution in [0.2, 0.25) is 0 Å². The predicted octanol–water partition coefficient (Wildman–Crippen LogP) is 0.910. The third-order valence-corrected chi connectivity index (χ3v) is 5.59. The lowest BCUT2D eigenvalue weighted by molar-refractivity contribution is 0.133. The highest BCUT2D eigenvalue weighted by Gasteiger charge is 2.34. The lowest BCUT2D eigenvalue weighted by atomic mass is 10.2. The van der Waals surface area contributed by atoms with Crippen molar-refractivity contribution in [3.8, 4) is 5.75 Å². The smallest absolute Gasteiger partial charge is 0.317 e. The number of benzene rings is 1. The minimum absolute atomic E-state index is 0.0185. The first-order valence-corrected chi connectivity index (χ1v) is 9.75. The molecule has 1 unspecified atom stereocenters. The van der Waals surface area contributed by atoms with Crippen molar-refractivity contribution in [2.45, 2.75) is 12.5 Å². The summed E-state index contributed by atoms with van der Waals surface area (Å²) in [7, 11) is -1.50. The second-order valence-electron chi connectivity index (χ2n) is 5.64. The highest BCUT2D eigenvalue weighted by atomic mass is 32.2. The van der Waals surface area contributed by atoms with E-state index in [0.29, 0.717) is 32.7 Å². The van der Waals surface area contributed by atoms with Gasteiger partial charge >= 0.3 is 6.03 Å². The van der Waals surface area contributed by atoms with Gasteiger partial charge in [-0.25, -0.2) is 13.2 Å². The van der Waals surface area contributed by atoms with E-state index < -0.39 is 9.84 Å². The number of nitrogens with zero attached hydrogens (tertiary/aromatic N) is 1. The van der Waals surface area contributed by atoms with Crippen molar-refractivity contribution in [1.29, 1.82) is 0 Å². The van der Waals surface area contributed by atoms with Gasteiger partial charge in [-0.1, -0.05) is 18.2 Å². The number of hydrogen-bond acceptors (Lipinski definition) is 5. The molecule has 24 heavy (non-hydrogen) atoms. The first-order chi connectivity index (χ1) is 11.5. The largest absolute Gasteiger partial charge is 0.492 e. The third kappa shape index (κ3) is 5.68. The van der Waals surface area contributed by atoms with Crippen LogP contribution in [-0.2, 0) is 14.6 Å². The Balaban J connectivity index is 1.81. The summed E-state index contributed by atoms with van der Waals surface area (Å²) in [6.45, 7) is 1.42. The van der Waals surface area contributed by atoms with Crippen LogP contribution in [0.3, 0.4) is 0 Å². The predicted molar refractivity (Wildman–Crippen MR) is 91.0 cm³/mol. The Bertz CT molecular complexity index is 621. The van der Waals surface area contributed by atoms with Gasteiger partial charge in [0.1, 0.15) is 12.4 Å². The zero-order valence-corrected chi connectivity index (χ0v) is 14.6. The van der Waals surface area contributed by atoms with E-state index >= 15 is 0 Å². The average molecular weight is 356 g/mol. The zero-order valence-electron chi connectivity index (χ0n) is 13.8.